The molecule has 0 heterocycles. The van der Waals surface area contributed by atoms with Crippen molar-refractivity contribution in [2.24, 2.45) is 5.73 Å². The normalized spacial score (nSPS) is 8.36. The summed E-state index contributed by atoms with van der Waals surface area (Å²) < 4.78 is 0. The highest BCUT2D eigenvalue weighted by atomic mass is 127. The summed E-state index contributed by atoms with van der Waals surface area (Å²) in [7, 11) is 0. The smallest absolute Gasteiger partial charge is 0.322 e. The average Bonchev–Trinajstić information content (AvgIpc) is 2.10. The number of carboxylic acids is 1. The number of amides is 2. The van der Waals surface area contributed by atoms with Crippen LogP contribution in [0.5, 0.6) is 0 Å². The fourth-order valence-electron chi connectivity index (χ4n) is 0.488. The SMILES string of the molecule is I.NCC(=O)NCC(=O)NCC(=O)O. The molecule has 0 aromatic rings. The first-order valence-corrected chi connectivity index (χ1v) is 3.51. The molecular weight excluding hydrogens is 305 g/mol. The van der Waals surface area contributed by atoms with Crippen LogP contribution in [0.3, 0.4) is 0 Å². The van der Waals surface area contributed by atoms with Crippen molar-refractivity contribution in [1.29, 1.82) is 0 Å². The molecule has 0 aromatic heterocycles. The van der Waals surface area contributed by atoms with Gasteiger partial charge in [0, 0.05) is 0 Å². The van der Waals surface area contributed by atoms with E-state index in [2.05, 4.69) is 10.6 Å². The van der Waals surface area contributed by atoms with E-state index in [0.717, 1.165) is 0 Å². The van der Waals surface area contributed by atoms with E-state index in [1.165, 1.54) is 0 Å². The highest BCUT2D eigenvalue weighted by molar-refractivity contribution is 14.0. The van der Waals surface area contributed by atoms with Crippen LogP contribution in [-0.4, -0.2) is 42.5 Å². The van der Waals surface area contributed by atoms with Crippen LogP contribution in [0.15, 0.2) is 0 Å². The van der Waals surface area contributed by atoms with E-state index in [0.29, 0.717) is 0 Å². The standard InChI is InChI=1S/C6H11N3O4.HI/c7-1-4(10)8-2-5(11)9-3-6(12)13;/h1-3,7H2,(H,8,10)(H,9,11)(H,12,13);1H. The van der Waals surface area contributed by atoms with Gasteiger partial charge in [0.25, 0.3) is 0 Å². The van der Waals surface area contributed by atoms with Crippen molar-refractivity contribution in [3.63, 3.8) is 0 Å². The first kappa shape index (κ1) is 15.6. The molecule has 0 bridgehead atoms. The number of nitrogens with one attached hydrogen (secondary N) is 2. The van der Waals surface area contributed by atoms with Crippen molar-refractivity contribution in [2.75, 3.05) is 19.6 Å². The van der Waals surface area contributed by atoms with Crippen LogP contribution in [0.2, 0.25) is 0 Å². The van der Waals surface area contributed by atoms with E-state index >= 15 is 0 Å². The van der Waals surface area contributed by atoms with Crippen molar-refractivity contribution in [1.82, 2.24) is 10.6 Å². The van der Waals surface area contributed by atoms with Gasteiger partial charge in [-0.15, -0.1) is 24.0 Å². The third-order valence-electron chi connectivity index (χ3n) is 1.07. The van der Waals surface area contributed by atoms with Gasteiger partial charge in [-0.05, 0) is 0 Å². The lowest BCUT2D eigenvalue weighted by molar-refractivity contribution is -0.137. The maximum atomic E-state index is 10.7. The average molecular weight is 317 g/mol. The number of hydrogen-bond donors (Lipinski definition) is 4. The van der Waals surface area contributed by atoms with Gasteiger partial charge in [-0.2, -0.15) is 0 Å². The minimum Gasteiger partial charge on any atom is -0.480 e. The molecule has 2 amide bonds. The summed E-state index contributed by atoms with van der Waals surface area (Å²) in [6.45, 7) is -0.924. The molecule has 0 radical (unpaired) electrons. The van der Waals surface area contributed by atoms with Crippen LogP contribution < -0.4 is 16.4 Å². The number of hydrogen-bond acceptors (Lipinski definition) is 4. The predicted octanol–water partition coefficient (Wildman–Crippen LogP) is -2.12. The van der Waals surface area contributed by atoms with Crippen LogP contribution >= 0.6 is 24.0 Å². The monoisotopic (exact) mass is 317 g/mol. The van der Waals surface area contributed by atoms with Gasteiger partial charge in [-0.3, -0.25) is 14.4 Å². The fraction of sp³-hybridized carbons (Fsp3) is 0.500. The Kier molecular flexibility index (Phi) is 9.66. The van der Waals surface area contributed by atoms with Crippen LogP contribution in [0.25, 0.3) is 0 Å². The molecule has 0 aliphatic heterocycles. The van der Waals surface area contributed by atoms with Gasteiger partial charge in [-0.25, -0.2) is 0 Å². The highest BCUT2D eigenvalue weighted by Crippen LogP contribution is 1.66. The second kappa shape index (κ2) is 8.69. The quantitative estimate of drug-likeness (QED) is 0.432. The molecule has 5 N–H and O–H groups in total. The van der Waals surface area contributed by atoms with Gasteiger partial charge in [0.15, 0.2) is 0 Å². The second-order valence-electron chi connectivity index (χ2n) is 2.15. The van der Waals surface area contributed by atoms with Crippen molar-refractivity contribution >= 4 is 41.8 Å². The third kappa shape index (κ3) is 9.19. The van der Waals surface area contributed by atoms with Gasteiger partial charge in [-0.1, -0.05) is 0 Å². The topological polar surface area (TPSA) is 122 Å². The van der Waals surface area contributed by atoms with E-state index in [1.807, 2.05) is 0 Å². The molecule has 0 saturated heterocycles. The van der Waals surface area contributed by atoms with Gasteiger partial charge in [0.2, 0.25) is 11.8 Å². The first-order valence-electron chi connectivity index (χ1n) is 3.51. The summed E-state index contributed by atoms with van der Waals surface area (Å²) in [4.78, 5) is 31.2. The zero-order chi connectivity index (χ0) is 10.3. The molecule has 0 aromatic carbocycles. The van der Waals surface area contributed by atoms with Gasteiger partial charge in [0.1, 0.15) is 6.54 Å². The number of carbonyl (C=O) groups excluding carboxylic acids is 2. The molecule has 0 saturated carbocycles. The van der Waals surface area contributed by atoms with Crippen molar-refractivity contribution in [2.45, 2.75) is 0 Å². The molecule has 7 nitrogen and oxygen atoms in total. The van der Waals surface area contributed by atoms with E-state index in [-0.39, 0.29) is 37.1 Å². The molecule has 0 aliphatic rings. The molecule has 0 fully saturated rings. The van der Waals surface area contributed by atoms with Gasteiger partial charge < -0.3 is 21.5 Å². The van der Waals surface area contributed by atoms with E-state index in [9.17, 15) is 14.4 Å². The van der Waals surface area contributed by atoms with Crippen LogP contribution in [0.1, 0.15) is 0 Å². The number of nitrogens with two attached hydrogens (primary N) is 1. The van der Waals surface area contributed by atoms with Gasteiger partial charge >= 0.3 is 5.97 Å². The summed E-state index contributed by atoms with van der Waals surface area (Å²) in [5.41, 5.74) is 4.94. The number of halogens is 1. The van der Waals surface area contributed by atoms with Crippen LogP contribution in [0.4, 0.5) is 0 Å². The number of aliphatic carboxylic acids is 1. The largest absolute Gasteiger partial charge is 0.480 e. The Morgan fingerprint density at radius 1 is 1.07 bits per heavy atom. The summed E-state index contributed by atoms with van der Waals surface area (Å²) in [6.07, 6.45) is 0. The van der Waals surface area contributed by atoms with E-state index in [1.54, 1.807) is 0 Å². The lowest BCUT2D eigenvalue weighted by atomic mass is 10.5. The van der Waals surface area contributed by atoms with Crippen molar-refractivity contribution in [3.05, 3.63) is 0 Å². The molecule has 0 unspecified atom stereocenters. The van der Waals surface area contributed by atoms with Gasteiger partial charge in [0.05, 0.1) is 13.1 Å². The highest BCUT2D eigenvalue weighted by Gasteiger charge is 2.04. The van der Waals surface area contributed by atoms with E-state index in [4.69, 9.17) is 10.8 Å². The Balaban J connectivity index is 0. The molecule has 82 valence electrons. The molecule has 0 rings (SSSR count). The third-order valence-corrected chi connectivity index (χ3v) is 1.07. The Hall–Kier alpha value is -0.900. The fourth-order valence-corrected chi connectivity index (χ4v) is 0.488. The van der Waals surface area contributed by atoms with Crippen LogP contribution in [0, 0.1) is 0 Å². The summed E-state index contributed by atoms with van der Waals surface area (Å²) in [6, 6.07) is 0. The Morgan fingerprint density at radius 3 is 2.00 bits per heavy atom. The Bertz CT molecular complexity index is 221. The number of carbonyl (C=O) groups is 3. The summed E-state index contributed by atoms with van der Waals surface area (Å²) in [5.74, 6) is -2.17. The molecule has 0 atom stereocenters. The van der Waals surface area contributed by atoms with Crippen LogP contribution in [-0.2, 0) is 14.4 Å². The summed E-state index contributed by atoms with van der Waals surface area (Å²) >= 11 is 0. The molecule has 0 spiro atoms. The van der Waals surface area contributed by atoms with Crippen molar-refractivity contribution in [3.8, 4) is 0 Å². The van der Waals surface area contributed by atoms with E-state index < -0.39 is 24.3 Å². The molecule has 14 heavy (non-hydrogen) atoms. The minimum absolute atomic E-state index is 0. The predicted molar refractivity (Wildman–Crippen MR) is 58.1 cm³/mol. The zero-order valence-corrected chi connectivity index (χ0v) is 9.61. The van der Waals surface area contributed by atoms with Crippen molar-refractivity contribution < 1.29 is 19.5 Å². The maximum Gasteiger partial charge on any atom is 0.322 e. The second-order valence-corrected chi connectivity index (χ2v) is 2.15. The molecule has 8 heteroatoms. The minimum atomic E-state index is -1.14. The number of carboxylic acid groups (broad SMARTS) is 1. The lowest BCUT2D eigenvalue weighted by Crippen LogP contribution is -2.40. The maximum absolute atomic E-state index is 10.7. The molecular formula is C6H12IN3O4. The summed E-state index contributed by atoms with van der Waals surface area (Å²) in [5, 5.41) is 12.4. The Morgan fingerprint density at radius 2 is 1.57 bits per heavy atom. The first-order chi connectivity index (χ1) is 6.06. The lowest BCUT2D eigenvalue weighted by Gasteiger charge is -2.03. The Labute approximate surface area is 97.4 Å². The number of rotatable bonds is 5. The zero-order valence-electron chi connectivity index (χ0n) is 7.28. The molecule has 0 aliphatic carbocycles.